The number of hydrogen-bond acceptors (Lipinski definition) is 4. The molecule has 35 heavy (non-hydrogen) atoms. The lowest BCUT2D eigenvalue weighted by atomic mass is 9.93. The van der Waals surface area contributed by atoms with Gasteiger partial charge in [-0.2, -0.15) is 8.42 Å². The highest BCUT2D eigenvalue weighted by Gasteiger charge is 2.24. The van der Waals surface area contributed by atoms with E-state index in [0.29, 0.717) is 16.9 Å². The summed E-state index contributed by atoms with van der Waals surface area (Å²) in [5, 5.41) is 1.83. The van der Waals surface area contributed by atoms with Gasteiger partial charge in [0.05, 0.1) is 6.07 Å². The van der Waals surface area contributed by atoms with E-state index in [9.17, 15) is 13.0 Å². The van der Waals surface area contributed by atoms with Crippen LogP contribution in [0.4, 0.5) is 5.69 Å². The minimum atomic E-state index is -4.45. The number of anilines is 1. The van der Waals surface area contributed by atoms with Gasteiger partial charge >= 0.3 is 0 Å². The molecule has 2 aromatic carbocycles. The van der Waals surface area contributed by atoms with Crippen molar-refractivity contribution < 1.29 is 17.4 Å². The van der Waals surface area contributed by atoms with E-state index >= 15 is 0 Å². The van der Waals surface area contributed by atoms with E-state index in [1.165, 1.54) is 6.07 Å². The van der Waals surface area contributed by atoms with E-state index in [1.807, 2.05) is 49.4 Å². The maximum absolute atomic E-state index is 12.4. The van der Waals surface area contributed by atoms with Crippen molar-refractivity contribution in [3.05, 3.63) is 65.5 Å². The van der Waals surface area contributed by atoms with Crippen molar-refractivity contribution >= 4 is 26.8 Å². The van der Waals surface area contributed by atoms with Gasteiger partial charge in [0.25, 0.3) is 10.1 Å². The maximum atomic E-state index is 12.4. The lowest BCUT2D eigenvalue weighted by Crippen LogP contribution is -2.29. The number of fused-ring (bicyclic) bond motifs is 2. The van der Waals surface area contributed by atoms with Gasteiger partial charge in [-0.1, -0.05) is 12.1 Å². The van der Waals surface area contributed by atoms with Gasteiger partial charge in [-0.3, -0.25) is 4.55 Å². The van der Waals surface area contributed by atoms with Crippen LogP contribution in [0, 0.1) is 6.92 Å². The minimum Gasteiger partial charge on any atom is -0.456 e. The predicted octanol–water partition coefficient (Wildman–Crippen LogP) is 5.42. The molecule has 1 aliphatic carbocycles. The lowest BCUT2D eigenvalue weighted by Gasteiger charge is -2.22. The average Bonchev–Trinajstić information content (AvgIpc) is 2.83. The van der Waals surface area contributed by atoms with Crippen LogP contribution in [0.3, 0.4) is 0 Å². The molecular formula is C28H33N2O4S+. The highest BCUT2D eigenvalue weighted by atomic mass is 32.2. The monoisotopic (exact) mass is 493 g/mol. The van der Waals surface area contributed by atoms with E-state index in [2.05, 4.69) is 37.2 Å². The van der Waals surface area contributed by atoms with E-state index in [4.69, 9.17) is 4.42 Å². The summed E-state index contributed by atoms with van der Waals surface area (Å²) in [6, 6.07) is 17.2. The van der Waals surface area contributed by atoms with Crippen LogP contribution in [0.5, 0.6) is 0 Å². The van der Waals surface area contributed by atoms with Crippen LogP contribution in [0.1, 0.15) is 33.3 Å². The van der Waals surface area contributed by atoms with Crippen LogP contribution >= 0.6 is 0 Å². The molecule has 2 aromatic rings. The Morgan fingerprint density at radius 3 is 2.20 bits per heavy atom. The third kappa shape index (κ3) is 4.70. The Morgan fingerprint density at radius 1 is 0.886 bits per heavy atom. The molecule has 1 N–H and O–H groups in total. The maximum Gasteiger partial charge on any atom is 0.295 e. The Hall–Kier alpha value is -3.16. The molecule has 7 heteroatoms. The van der Waals surface area contributed by atoms with Crippen LogP contribution in [-0.2, 0) is 10.1 Å². The molecule has 0 aromatic heterocycles. The number of nitrogens with zero attached hydrogens (tertiary/aromatic N) is 2. The summed E-state index contributed by atoms with van der Waals surface area (Å²) in [5.74, 6) is 0.662. The molecule has 0 unspecified atom stereocenters. The van der Waals surface area contributed by atoms with Crippen molar-refractivity contribution in [2.75, 3.05) is 31.1 Å². The van der Waals surface area contributed by atoms with Gasteiger partial charge in [-0.15, -0.1) is 0 Å². The zero-order valence-electron chi connectivity index (χ0n) is 21.0. The first-order chi connectivity index (χ1) is 16.7. The quantitative estimate of drug-likeness (QED) is 0.211. The summed E-state index contributed by atoms with van der Waals surface area (Å²) in [6.45, 7) is 13.7. The normalized spacial score (nSPS) is 11.8. The molecule has 1 heterocycles. The average molecular weight is 494 g/mol. The van der Waals surface area contributed by atoms with E-state index in [1.54, 1.807) is 6.07 Å². The largest absolute Gasteiger partial charge is 0.456 e. The van der Waals surface area contributed by atoms with E-state index in [-0.39, 0.29) is 4.90 Å². The first kappa shape index (κ1) is 24.9. The van der Waals surface area contributed by atoms with Crippen LogP contribution in [0.15, 0.2) is 63.9 Å². The molecule has 2 aliphatic rings. The Labute approximate surface area is 207 Å². The molecule has 184 valence electrons. The zero-order chi connectivity index (χ0) is 25.3. The topological polar surface area (TPSA) is 73.8 Å². The fraction of sp³-hybridized carbons (Fsp3) is 0.321. The van der Waals surface area contributed by atoms with Crippen molar-refractivity contribution in [1.82, 2.24) is 4.58 Å². The van der Waals surface area contributed by atoms with Crippen LogP contribution in [0.2, 0.25) is 0 Å². The number of rotatable bonds is 7. The van der Waals surface area contributed by atoms with Gasteiger partial charge in [0.1, 0.15) is 29.3 Å². The number of benzene rings is 3. The minimum absolute atomic E-state index is 0.105. The Bertz CT molecular complexity index is 1530. The molecule has 0 amide bonds. The first-order valence-corrected chi connectivity index (χ1v) is 13.6. The van der Waals surface area contributed by atoms with Crippen molar-refractivity contribution in [3.8, 4) is 22.5 Å². The molecule has 0 radical (unpaired) electrons. The highest BCUT2D eigenvalue weighted by molar-refractivity contribution is 7.86. The summed E-state index contributed by atoms with van der Waals surface area (Å²) in [6.07, 6.45) is 0. The lowest BCUT2D eigenvalue weighted by molar-refractivity contribution is 0.483. The molecule has 1 aliphatic heterocycles. The summed E-state index contributed by atoms with van der Waals surface area (Å²) in [5.41, 5.74) is 4.42. The number of aryl methyl sites for hydroxylation is 1. The summed E-state index contributed by atoms with van der Waals surface area (Å²) in [4.78, 5) is 2.13. The van der Waals surface area contributed by atoms with Crippen molar-refractivity contribution in [2.24, 2.45) is 0 Å². The van der Waals surface area contributed by atoms with Gasteiger partial charge in [0.2, 0.25) is 5.36 Å². The van der Waals surface area contributed by atoms with E-state index < -0.39 is 10.1 Å². The van der Waals surface area contributed by atoms with E-state index in [0.717, 1.165) is 59.3 Å². The molecule has 0 saturated carbocycles. The predicted molar refractivity (Wildman–Crippen MR) is 143 cm³/mol. The van der Waals surface area contributed by atoms with Crippen molar-refractivity contribution in [3.63, 3.8) is 0 Å². The third-order valence-electron chi connectivity index (χ3n) is 6.63. The summed E-state index contributed by atoms with van der Waals surface area (Å²) >= 11 is 0. The highest BCUT2D eigenvalue weighted by Crippen LogP contribution is 2.43. The second kappa shape index (κ2) is 9.84. The Kier molecular flexibility index (Phi) is 7.01. The summed E-state index contributed by atoms with van der Waals surface area (Å²) in [7, 11) is -4.45. The second-order valence-corrected chi connectivity index (χ2v) is 10.0. The SMILES string of the molecule is CCN(CC)c1ccc2c(-c3ccc(C)cc3S(=O)(=O)O)c3ccc(=[N+](CC)CC)cc-3oc2c1. The van der Waals surface area contributed by atoms with Gasteiger partial charge in [0.15, 0.2) is 0 Å². The molecule has 0 bridgehead atoms. The van der Waals surface area contributed by atoms with Gasteiger partial charge in [-0.05, 0) is 64.4 Å². The van der Waals surface area contributed by atoms with Gasteiger partial charge < -0.3 is 9.32 Å². The first-order valence-electron chi connectivity index (χ1n) is 12.1. The fourth-order valence-corrected chi connectivity index (χ4v) is 5.56. The molecule has 0 fully saturated rings. The molecule has 4 rings (SSSR count). The molecule has 0 saturated heterocycles. The second-order valence-electron chi connectivity index (χ2n) is 8.66. The Morgan fingerprint density at radius 2 is 1.57 bits per heavy atom. The van der Waals surface area contributed by atoms with Gasteiger partial charge in [-0.25, -0.2) is 4.58 Å². The van der Waals surface area contributed by atoms with Crippen molar-refractivity contribution in [2.45, 2.75) is 39.5 Å². The summed E-state index contributed by atoms with van der Waals surface area (Å²) < 4.78 is 43.6. The zero-order valence-corrected chi connectivity index (χ0v) is 21.8. The smallest absolute Gasteiger partial charge is 0.295 e. The van der Waals surface area contributed by atoms with Crippen molar-refractivity contribution in [1.29, 1.82) is 0 Å². The molecule has 0 atom stereocenters. The van der Waals surface area contributed by atoms with Crippen LogP contribution < -0.4 is 14.8 Å². The molecular weight excluding hydrogens is 460 g/mol. The van der Waals surface area contributed by atoms with Crippen LogP contribution in [-0.4, -0.2) is 39.1 Å². The number of hydrogen-bond donors (Lipinski definition) is 1. The fourth-order valence-electron chi connectivity index (χ4n) is 4.78. The van der Waals surface area contributed by atoms with Crippen LogP contribution in [0.25, 0.3) is 33.4 Å². The Balaban J connectivity index is 2.17. The molecule has 6 nitrogen and oxygen atoms in total. The third-order valence-corrected chi connectivity index (χ3v) is 7.52. The van der Waals surface area contributed by atoms with Gasteiger partial charge in [0, 0.05) is 53.0 Å². The standard InChI is InChI=1S/C28H32N2O4S/c1-6-29(7-2)20-11-14-22-25(17-20)34-26-18-21(30(8-3)9-4)12-15-23(26)28(22)24-13-10-19(5)16-27(24)35(31,32)33/h10-18H,6-9H2,1-5H3/p+1. The molecule has 0 spiro atoms.